The molecule has 0 spiro atoms. The van der Waals surface area contributed by atoms with Crippen molar-refractivity contribution in [1.82, 2.24) is 15.2 Å². The standard InChI is InChI=1S/C15H18N4O2/c1-8-3-4-11-9(5-8)6-12(17-11)14(20)18-13-10(16)7-19(2)15(13)21/h3-6,10,13,17H,7,16H2,1-2H3,(H,18,20)/t10-,13+/m1/s1. The van der Waals surface area contributed by atoms with Gasteiger partial charge in [0.1, 0.15) is 11.7 Å². The molecule has 0 bridgehead atoms. The van der Waals surface area contributed by atoms with E-state index in [0.29, 0.717) is 12.2 Å². The lowest BCUT2D eigenvalue weighted by atomic mass is 10.1. The fourth-order valence-corrected chi connectivity index (χ4v) is 2.69. The largest absolute Gasteiger partial charge is 0.351 e. The van der Waals surface area contributed by atoms with Gasteiger partial charge in [-0.05, 0) is 25.1 Å². The van der Waals surface area contributed by atoms with Gasteiger partial charge in [0.15, 0.2) is 0 Å². The molecule has 1 aliphatic heterocycles. The van der Waals surface area contributed by atoms with Crippen molar-refractivity contribution in [2.75, 3.05) is 13.6 Å². The molecular weight excluding hydrogens is 268 g/mol. The Morgan fingerprint density at radius 2 is 2.19 bits per heavy atom. The van der Waals surface area contributed by atoms with Crippen LogP contribution in [0, 0.1) is 6.92 Å². The Bertz CT molecular complexity index is 722. The first kappa shape index (κ1) is 13.6. The fraction of sp³-hybridized carbons (Fsp3) is 0.333. The Labute approximate surface area is 122 Å². The second-order valence-corrected chi connectivity index (χ2v) is 5.61. The zero-order chi connectivity index (χ0) is 15.1. The minimum Gasteiger partial charge on any atom is -0.351 e. The highest BCUT2D eigenvalue weighted by Gasteiger charge is 2.37. The molecule has 6 nitrogen and oxygen atoms in total. The van der Waals surface area contributed by atoms with Gasteiger partial charge in [-0.15, -0.1) is 0 Å². The van der Waals surface area contributed by atoms with Crippen molar-refractivity contribution < 1.29 is 9.59 Å². The van der Waals surface area contributed by atoms with Crippen LogP contribution >= 0.6 is 0 Å². The van der Waals surface area contributed by atoms with Crippen LogP contribution in [0.5, 0.6) is 0 Å². The Hall–Kier alpha value is -2.34. The number of benzene rings is 1. The maximum absolute atomic E-state index is 12.3. The molecule has 2 heterocycles. The number of amides is 2. The van der Waals surface area contributed by atoms with Crippen molar-refractivity contribution in [3.63, 3.8) is 0 Å². The van der Waals surface area contributed by atoms with Gasteiger partial charge in [-0.25, -0.2) is 0 Å². The number of aromatic nitrogens is 1. The smallest absolute Gasteiger partial charge is 0.268 e. The van der Waals surface area contributed by atoms with Crippen LogP contribution in [0.25, 0.3) is 10.9 Å². The molecular formula is C15H18N4O2. The van der Waals surface area contributed by atoms with E-state index in [1.54, 1.807) is 13.1 Å². The average molecular weight is 286 g/mol. The first-order valence-electron chi connectivity index (χ1n) is 6.86. The summed E-state index contributed by atoms with van der Waals surface area (Å²) in [7, 11) is 1.68. The lowest BCUT2D eigenvalue weighted by molar-refractivity contribution is -0.128. The molecule has 2 atom stereocenters. The van der Waals surface area contributed by atoms with E-state index in [1.165, 1.54) is 4.90 Å². The number of nitrogens with zero attached hydrogens (tertiary/aromatic N) is 1. The highest BCUT2D eigenvalue weighted by molar-refractivity contribution is 6.00. The lowest BCUT2D eigenvalue weighted by Gasteiger charge is -2.13. The second kappa shape index (κ2) is 4.89. The number of carbonyl (C=O) groups is 2. The van der Waals surface area contributed by atoms with E-state index in [-0.39, 0.29) is 17.9 Å². The molecule has 6 heteroatoms. The number of hydrogen-bond acceptors (Lipinski definition) is 3. The van der Waals surface area contributed by atoms with Crippen molar-refractivity contribution in [2.45, 2.75) is 19.0 Å². The Morgan fingerprint density at radius 1 is 1.43 bits per heavy atom. The number of rotatable bonds is 2. The molecule has 3 rings (SSSR count). The number of carbonyl (C=O) groups excluding carboxylic acids is 2. The number of nitrogens with two attached hydrogens (primary N) is 1. The summed E-state index contributed by atoms with van der Waals surface area (Å²) >= 11 is 0. The van der Waals surface area contributed by atoms with Gasteiger partial charge in [0.25, 0.3) is 5.91 Å². The van der Waals surface area contributed by atoms with Crippen molar-refractivity contribution in [3.8, 4) is 0 Å². The highest BCUT2D eigenvalue weighted by atomic mass is 16.2. The minimum absolute atomic E-state index is 0.150. The summed E-state index contributed by atoms with van der Waals surface area (Å²) in [6, 6.07) is 6.66. The summed E-state index contributed by atoms with van der Waals surface area (Å²) in [4.78, 5) is 28.8. The topological polar surface area (TPSA) is 91.2 Å². The minimum atomic E-state index is -0.657. The normalized spacial score (nSPS) is 22.0. The van der Waals surface area contributed by atoms with Crippen molar-refractivity contribution in [1.29, 1.82) is 0 Å². The van der Waals surface area contributed by atoms with Crippen LogP contribution in [0.4, 0.5) is 0 Å². The van der Waals surface area contributed by atoms with Crippen molar-refractivity contribution in [2.24, 2.45) is 5.73 Å². The summed E-state index contributed by atoms with van der Waals surface area (Å²) in [6.07, 6.45) is 0. The highest BCUT2D eigenvalue weighted by Crippen LogP contribution is 2.17. The van der Waals surface area contributed by atoms with E-state index >= 15 is 0 Å². The van der Waals surface area contributed by atoms with Gasteiger partial charge in [0.05, 0.1) is 6.04 Å². The number of likely N-dealkylation sites (tertiary alicyclic amines) is 1. The zero-order valence-corrected chi connectivity index (χ0v) is 12.0. The molecule has 1 aromatic carbocycles. The third-order valence-corrected chi connectivity index (χ3v) is 3.86. The number of aryl methyl sites for hydroxylation is 1. The first-order valence-corrected chi connectivity index (χ1v) is 6.86. The summed E-state index contributed by atoms with van der Waals surface area (Å²) in [5, 5.41) is 3.69. The number of fused-ring (bicyclic) bond motifs is 1. The molecule has 4 N–H and O–H groups in total. The predicted molar refractivity (Wildman–Crippen MR) is 79.9 cm³/mol. The van der Waals surface area contributed by atoms with Gasteiger partial charge >= 0.3 is 0 Å². The summed E-state index contributed by atoms with van der Waals surface area (Å²) < 4.78 is 0. The number of likely N-dealkylation sites (N-methyl/N-ethyl adjacent to an activating group) is 1. The molecule has 2 amide bonds. The second-order valence-electron chi connectivity index (χ2n) is 5.61. The molecule has 1 saturated heterocycles. The van der Waals surface area contributed by atoms with Crippen LogP contribution in [0.3, 0.4) is 0 Å². The van der Waals surface area contributed by atoms with E-state index < -0.39 is 6.04 Å². The molecule has 1 aromatic heterocycles. The maximum Gasteiger partial charge on any atom is 0.268 e. The third-order valence-electron chi connectivity index (χ3n) is 3.86. The van der Waals surface area contributed by atoms with Crippen LogP contribution in [-0.4, -0.2) is 47.4 Å². The molecule has 0 unspecified atom stereocenters. The molecule has 0 aliphatic carbocycles. The molecule has 110 valence electrons. The fourth-order valence-electron chi connectivity index (χ4n) is 2.69. The SMILES string of the molecule is Cc1ccc2[nH]c(C(=O)N[C@@H]3C(=O)N(C)C[C@H]3N)cc2c1. The van der Waals surface area contributed by atoms with E-state index in [1.807, 2.05) is 25.1 Å². The van der Waals surface area contributed by atoms with Gasteiger partial charge in [0, 0.05) is 24.5 Å². The monoisotopic (exact) mass is 286 g/mol. The van der Waals surface area contributed by atoms with Crippen LogP contribution < -0.4 is 11.1 Å². The average Bonchev–Trinajstić information content (AvgIpc) is 2.95. The van der Waals surface area contributed by atoms with Crippen molar-refractivity contribution >= 4 is 22.7 Å². The molecule has 2 aromatic rings. The molecule has 0 radical (unpaired) electrons. The van der Waals surface area contributed by atoms with Crippen LogP contribution in [0.1, 0.15) is 16.1 Å². The van der Waals surface area contributed by atoms with Gasteiger partial charge in [0.2, 0.25) is 5.91 Å². The summed E-state index contributed by atoms with van der Waals surface area (Å²) in [5.74, 6) is -0.462. The van der Waals surface area contributed by atoms with Gasteiger partial charge < -0.3 is 20.9 Å². The third kappa shape index (κ3) is 2.38. The Kier molecular flexibility index (Phi) is 3.17. The van der Waals surface area contributed by atoms with E-state index in [9.17, 15) is 9.59 Å². The van der Waals surface area contributed by atoms with Crippen molar-refractivity contribution in [3.05, 3.63) is 35.5 Å². The van der Waals surface area contributed by atoms with E-state index in [0.717, 1.165) is 16.5 Å². The maximum atomic E-state index is 12.3. The summed E-state index contributed by atoms with van der Waals surface area (Å²) in [6.45, 7) is 2.45. The van der Waals surface area contributed by atoms with Crippen LogP contribution in [-0.2, 0) is 4.79 Å². The number of hydrogen-bond donors (Lipinski definition) is 3. The Morgan fingerprint density at radius 3 is 2.86 bits per heavy atom. The molecule has 0 saturated carbocycles. The zero-order valence-electron chi connectivity index (χ0n) is 12.0. The van der Waals surface area contributed by atoms with Gasteiger partial charge in [-0.1, -0.05) is 11.6 Å². The number of H-pyrrole nitrogens is 1. The van der Waals surface area contributed by atoms with Gasteiger partial charge in [-0.2, -0.15) is 0 Å². The van der Waals surface area contributed by atoms with E-state index in [4.69, 9.17) is 5.73 Å². The molecule has 21 heavy (non-hydrogen) atoms. The Balaban J connectivity index is 1.82. The summed E-state index contributed by atoms with van der Waals surface area (Å²) in [5.41, 5.74) is 8.35. The van der Waals surface area contributed by atoms with Crippen LogP contribution in [0.2, 0.25) is 0 Å². The quantitative estimate of drug-likeness (QED) is 0.745. The number of nitrogens with one attached hydrogen (secondary N) is 2. The van der Waals surface area contributed by atoms with E-state index in [2.05, 4.69) is 10.3 Å². The molecule has 1 aliphatic rings. The number of aromatic amines is 1. The lowest BCUT2D eigenvalue weighted by Crippen LogP contribution is -2.49. The van der Waals surface area contributed by atoms with Crippen LogP contribution in [0.15, 0.2) is 24.3 Å². The molecule has 1 fully saturated rings. The first-order chi connectivity index (χ1) is 9.95. The van der Waals surface area contributed by atoms with Gasteiger partial charge in [-0.3, -0.25) is 9.59 Å². The predicted octanol–water partition coefficient (Wildman–Crippen LogP) is 0.374.